The zero-order valence-corrected chi connectivity index (χ0v) is 9.12. The highest BCUT2D eigenvalue weighted by molar-refractivity contribution is 9.10. The van der Waals surface area contributed by atoms with Crippen LogP contribution >= 0.6 is 15.9 Å². The maximum absolute atomic E-state index is 11.9. The highest BCUT2D eigenvalue weighted by atomic mass is 79.9. The number of benzene rings is 1. The minimum atomic E-state index is -4.79. The van der Waals surface area contributed by atoms with Crippen LogP contribution in [-0.4, -0.2) is 23.7 Å². The molecule has 0 atom stereocenters. The average molecular weight is 301 g/mol. The second kappa shape index (κ2) is 4.94. The van der Waals surface area contributed by atoms with Gasteiger partial charge in [0.05, 0.1) is 4.47 Å². The highest BCUT2D eigenvalue weighted by Crippen LogP contribution is 2.33. The molecule has 1 rings (SSSR count). The molecule has 0 radical (unpaired) electrons. The SMILES string of the molecule is OB(O)Oc1ccc(OC(F)(F)F)c(Br)c1. The van der Waals surface area contributed by atoms with E-state index >= 15 is 0 Å². The van der Waals surface area contributed by atoms with Gasteiger partial charge < -0.3 is 19.4 Å². The van der Waals surface area contributed by atoms with Gasteiger partial charge in [0.25, 0.3) is 0 Å². The van der Waals surface area contributed by atoms with E-state index in [1.807, 2.05) is 0 Å². The number of hydrogen-bond donors (Lipinski definition) is 2. The largest absolute Gasteiger partial charge is 0.707 e. The van der Waals surface area contributed by atoms with E-state index in [0.29, 0.717) is 0 Å². The molecule has 0 amide bonds. The lowest BCUT2D eigenvalue weighted by molar-refractivity contribution is -0.274. The van der Waals surface area contributed by atoms with Crippen LogP contribution < -0.4 is 9.39 Å². The first kappa shape index (κ1) is 13.1. The number of rotatable bonds is 3. The molecule has 1 aromatic rings. The lowest BCUT2D eigenvalue weighted by atomic mass is 10.2. The Kier molecular flexibility index (Phi) is 4.06. The molecule has 2 N–H and O–H groups in total. The van der Waals surface area contributed by atoms with E-state index in [9.17, 15) is 13.2 Å². The molecule has 0 aliphatic carbocycles. The fourth-order valence-corrected chi connectivity index (χ4v) is 1.32. The Balaban J connectivity index is 2.83. The molecule has 1 aromatic carbocycles. The van der Waals surface area contributed by atoms with E-state index < -0.39 is 19.4 Å². The van der Waals surface area contributed by atoms with Gasteiger partial charge in [0.2, 0.25) is 0 Å². The molecule has 0 fully saturated rings. The fourth-order valence-electron chi connectivity index (χ4n) is 0.884. The molecule has 0 saturated heterocycles. The number of alkyl halides is 3. The Morgan fingerprint density at radius 2 is 1.88 bits per heavy atom. The Hall–Kier alpha value is -0.925. The van der Waals surface area contributed by atoms with Gasteiger partial charge in [-0.1, -0.05) is 0 Å². The van der Waals surface area contributed by atoms with Gasteiger partial charge >= 0.3 is 13.7 Å². The van der Waals surface area contributed by atoms with Crippen LogP contribution in [0.15, 0.2) is 22.7 Å². The number of ether oxygens (including phenoxy) is 1. The molecular formula is C7H5BBrF3O4. The van der Waals surface area contributed by atoms with Gasteiger partial charge in [0.1, 0.15) is 11.5 Å². The maximum atomic E-state index is 11.9. The zero-order chi connectivity index (χ0) is 12.3. The molecule has 88 valence electrons. The summed E-state index contributed by atoms with van der Waals surface area (Å²) in [7, 11) is -2.04. The van der Waals surface area contributed by atoms with Crippen molar-refractivity contribution in [2.24, 2.45) is 0 Å². The average Bonchev–Trinajstić information content (AvgIpc) is 2.06. The van der Waals surface area contributed by atoms with Crippen LogP contribution in [0.4, 0.5) is 13.2 Å². The van der Waals surface area contributed by atoms with E-state index in [0.717, 1.165) is 18.2 Å². The fraction of sp³-hybridized carbons (Fsp3) is 0.143. The molecule has 16 heavy (non-hydrogen) atoms. The topological polar surface area (TPSA) is 58.9 Å². The first-order chi connectivity index (χ1) is 7.28. The van der Waals surface area contributed by atoms with Crippen LogP contribution in [0.1, 0.15) is 0 Å². The van der Waals surface area contributed by atoms with Crippen molar-refractivity contribution in [3.63, 3.8) is 0 Å². The monoisotopic (exact) mass is 300 g/mol. The van der Waals surface area contributed by atoms with Gasteiger partial charge in [-0.15, -0.1) is 13.2 Å². The zero-order valence-electron chi connectivity index (χ0n) is 7.53. The molecule has 4 nitrogen and oxygen atoms in total. The molecule has 0 aliphatic rings. The van der Waals surface area contributed by atoms with Crippen molar-refractivity contribution >= 4 is 23.3 Å². The van der Waals surface area contributed by atoms with Gasteiger partial charge in [0, 0.05) is 0 Å². The quantitative estimate of drug-likeness (QED) is 0.834. The Morgan fingerprint density at radius 1 is 1.25 bits per heavy atom. The Labute approximate surface area is 96.9 Å². The molecule has 0 aromatic heterocycles. The lowest BCUT2D eigenvalue weighted by Gasteiger charge is -2.11. The second-order valence-corrected chi connectivity index (χ2v) is 3.44. The van der Waals surface area contributed by atoms with Crippen molar-refractivity contribution in [1.29, 1.82) is 0 Å². The summed E-state index contributed by atoms with van der Waals surface area (Å²) in [6.07, 6.45) is -4.79. The van der Waals surface area contributed by atoms with Crippen molar-refractivity contribution in [3.8, 4) is 11.5 Å². The minimum Gasteiger partial charge on any atom is -0.512 e. The third kappa shape index (κ3) is 4.29. The van der Waals surface area contributed by atoms with Crippen molar-refractivity contribution in [1.82, 2.24) is 0 Å². The van der Waals surface area contributed by atoms with Crippen LogP contribution in [0.3, 0.4) is 0 Å². The molecule has 0 aliphatic heterocycles. The van der Waals surface area contributed by atoms with E-state index in [1.54, 1.807) is 0 Å². The summed E-state index contributed by atoms with van der Waals surface area (Å²) < 4.78 is 43.7. The summed E-state index contributed by atoms with van der Waals surface area (Å²) in [5, 5.41) is 16.9. The first-order valence-corrected chi connectivity index (χ1v) is 4.65. The number of hydrogen-bond acceptors (Lipinski definition) is 4. The van der Waals surface area contributed by atoms with Gasteiger partial charge in [-0.05, 0) is 34.1 Å². The molecule has 0 saturated carbocycles. The summed E-state index contributed by atoms with van der Waals surface area (Å²) >= 11 is 2.82. The van der Waals surface area contributed by atoms with Gasteiger partial charge in [-0.25, -0.2) is 0 Å². The van der Waals surface area contributed by atoms with Crippen LogP contribution in [0.25, 0.3) is 0 Å². The van der Waals surface area contributed by atoms with E-state index in [2.05, 4.69) is 25.3 Å². The van der Waals surface area contributed by atoms with Crippen LogP contribution in [0.5, 0.6) is 11.5 Å². The van der Waals surface area contributed by atoms with Crippen LogP contribution in [0.2, 0.25) is 0 Å². The predicted octanol–water partition coefficient (Wildman–Crippen LogP) is 1.70. The first-order valence-electron chi connectivity index (χ1n) is 3.86. The predicted molar refractivity (Wildman–Crippen MR) is 51.6 cm³/mol. The minimum absolute atomic E-state index is 0.0172. The smallest absolute Gasteiger partial charge is 0.512 e. The second-order valence-electron chi connectivity index (χ2n) is 2.58. The summed E-state index contributed by atoms with van der Waals surface area (Å²) in [6, 6.07) is 3.20. The summed E-state index contributed by atoms with van der Waals surface area (Å²) in [6.45, 7) is 0. The normalized spacial score (nSPS) is 11.1. The highest BCUT2D eigenvalue weighted by Gasteiger charge is 2.32. The molecular weight excluding hydrogens is 296 g/mol. The van der Waals surface area contributed by atoms with Crippen molar-refractivity contribution in [2.45, 2.75) is 6.36 Å². The molecule has 0 spiro atoms. The summed E-state index contributed by atoms with van der Waals surface area (Å²) in [5.74, 6) is -0.469. The molecule has 9 heteroatoms. The maximum Gasteiger partial charge on any atom is 0.707 e. The summed E-state index contributed by atoms with van der Waals surface area (Å²) in [4.78, 5) is 0. The Morgan fingerprint density at radius 3 is 2.31 bits per heavy atom. The van der Waals surface area contributed by atoms with Crippen LogP contribution in [0, 0.1) is 0 Å². The van der Waals surface area contributed by atoms with Gasteiger partial charge in [-0.3, -0.25) is 0 Å². The molecule has 0 bridgehead atoms. The number of halogens is 4. The van der Waals surface area contributed by atoms with E-state index in [1.165, 1.54) is 0 Å². The standard InChI is InChI=1S/C7H5BBrF3O4/c9-5-3-4(16-8(13)14)1-2-6(5)15-7(10,11)12/h1-3,13-14H. The van der Waals surface area contributed by atoms with Crippen molar-refractivity contribution < 1.29 is 32.6 Å². The van der Waals surface area contributed by atoms with Gasteiger partial charge in [-0.2, -0.15) is 0 Å². The van der Waals surface area contributed by atoms with Crippen molar-refractivity contribution in [3.05, 3.63) is 22.7 Å². The van der Waals surface area contributed by atoms with E-state index in [4.69, 9.17) is 10.0 Å². The molecule has 0 heterocycles. The summed E-state index contributed by atoms with van der Waals surface area (Å²) in [5.41, 5.74) is 0. The van der Waals surface area contributed by atoms with Gasteiger partial charge in [0.15, 0.2) is 0 Å². The van der Waals surface area contributed by atoms with Crippen LogP contribution in [-0.2, 0) is 0 Å². The van der Waals surface area contributed by atoms with E-state index in [-0.39, 0.29) is 10.2 Å². The third-order valence-corrected chi connectivity index (χ3v) is 1.99. The molecule has 0 unspecified atom stereocenters. The third-order valence-electron chi connectivity index (χ3n) is 1.37. The Bertz CT molecular complexity index is 371. The van der Waals surface area contributed by atoms with Crippen molar-refractivity contribution in [2.75, 3.05) is 0 Å². The lowest BCUT2D eigenvalue weighted by Crippen LogP contribution is -2.20.